The van der Waals surface area contributed by atoms with Crippen LogP contribution in [-0.2, 0) is 0 Å². The summed E-state index contributed by atoms with van der Waals surface area (Å²) in [5.74, 6) is -0.410. The van der Waals surface area contributed by atoms with Crippen molar-refractivity contribution < 1.29 is 4.79 Å². The first kappa shape index (κ1) is 12.6. The predicted octanol–water partition coefficient (Wildman–Crippen LogP) is 3.58. The summed E-state index contributed by atoms with van der Waals surface area (Å²) in [4.78, 5) is 16.7. The number of nitrogens with zero attached hydrogens (tertiary/aromatic N) is 1. The Morgan fingerprint density at radius 1 is 1.00 bits per heavy atom. The fourth-order valence-corrected chi connectivity index (χ4v) is 3.10. The number of carbonyl (C=O) groups excluding carboxylic acids is 1. The van der Waals surface area contributed by atoms with E-state index in [9.17, 15) is 4.79 Å². The van der Waals surface area contributed by atoms with Crippen LogP contribution in [0.25, 0.3) is 21.6 Å². The average Bonchev–Trinajstić information content (AvgIpc) is 2.97. The first-order chi connectivity index (χ1) is 9.77. The molecule has 3 nitrogen and oxygen atoms in total. The fraction of sp³-hybridized carbons (Fsp3) is 0. The Labute approximate surface area is 120 Å². The molecule has 4 heteroatoms. The Morgan fingerprint density at radius 2 is 1.75 bits per heavy atom. The highest BCUT2D eigenvalue weighted by Gasteiger charge is 2.14. The first-order valence-electron chi connectivity index (χ1n) is 6.14. The van der Waals surface area contributed by atoms with E-state index in [4.69, 9.17) is 5.73 Å². The molecule has 98 valence electrons. The second-order valence-corrected chi connectivity index (χ2v) is 5.23. The molecule has 0 aliphatic rings. The van der Waals surface area contributed by atoms with Gasteiger partial charge in [0, 0.05) is 28.4 Å². The molecule has 0 aliphatic carbocycles. The van der Waals surface area contributed by atoms with Crippen LogP contribution in [0.5, 0.6) is 0 Å². The topological polar surface area (TPSA) is 56.0 Å². The molecule has 0 bridgehead atoms. The molecule has 0 saturated carbocycles. The van der Waals surface area contributed by atoms with Crippen LogP contribution in [0.1, 0.15) is 10.4 Å². The Kier molecular flexibility index (Phi) is 3.31. The van der Waals surface area contributed by atoms with Crippen molar-refractivity contribution in [2.75, 3.05) is 0 Å². The quantitative estimate of drug-likeness (QED) is 0.797. The van der Waals surface area contributed by atoms with Crippen LogP contribution in [0.3, 0.4) is 0 Å². The maximum Gasteiger partial charge on any atom is 0.249 e. The van der Waals surface area contributed by atoms with Crippen molar-refractivity contribution in [3.8, 4) is 21.6 Å². The minimum atomic E-state index is -0.410. The molecule has 3 aromatic rings. The van der Waals surface area contributed by atoms with Crippen molar-refractivity contribution in [1.29, 1.82) is 0 Å². The summed E-state index contributed by atoms with van der Waals surface area (Å²) >= 11 is 1.64. The molecule has 0 saturated heterocycles. The molecule has 0 spiro atoms. The minimum Gasteiger partial charge on any atom is -0.366 e. The Balaban J connectivity index is 2.18. The van der Waals surface area contributed by atoms with E-state index in [1.54, 1.807) is 29.8 Å². The summed E-state index contributed by atoms with van der Waals surface area (Å²) in [6.07, 6.45) is 3.53. The fourth-order valence-electron chi connectivity index (χ4n) is 2.18. The van der Waals surface area contributed by atoms with Crippen molar-refractivity contribution in [2.45, 2.75) is 0 Å². The van der Waals surface area contributed by atoms with Gasteiger partial charge in [-0.3, -0.25) is 9.78 Å². The Hall–Kier alpha value is -2.46. The van der Waals surface area contributed by atoms with E-state index in [0.717, 1.165) is 21.6 Å². The van der Waals surface area contributed by atoms with E-state index in [0.29, 0.717) is 5.56 Å². The summed E-state index contributed by atoms with van der Waals surface area (Å²) in [6.45, 7) is 0. The number of hydrogen-bond acceptors (Lipinski definition) is 3. The van der Waals surface area contributed by atoms with Crippen LogP contribution in [0.4, 0.5) is 0 Å². The van der Waals surface area contributed by atoms with Crippen LogP contribution in [0, 0.1) is 0 Å². The molecule has 0 fully saturated rings. The maximum absolute atomic E-state index is 11.6. The third-order valence-electron chi connectivity index (χ3n) is 3.09. The van der Waals surface area contributed by atoms with E-state index in [2.05, 4.69) is 4.98 Å². The number of aromatic nitrogens is 1. The highest BCUT2D eigenvalue weighted by molar-refractivity contribution is 7.14. The number of carbonyl (C=O) groups is 1. The smallest absolute Gasteiger partial charge is 0.249 e. The molecule has 1 amide bonds. The third kappa shape index (κ3) is 2.21. The van der Waals surface area contributed by atoms with Crippen LogP contribution >= 0.6 is 11.3 Å². The molecular weight excluding hydrogens is 268 g/mol. The summed E-state index contributed by atoms with van der Waals surface area (Å²) < 4.78 is 0. The van der Waals surface area contributed by atoms with Crippen LogP contribution in [-0.4, -0.2) is 10.9 Å². The van der Waals surface area contributed by atoms with Gasteiger partial charge in [0.05, 0.1) is 0 Å². The number of primary amides is 1. The number of benzene rings is 1. The lowest BCUT2D eigenvalue weighted by molar-refractivity contribution is 0.100. The van der Waals surface area contributed by atoms with Crippen molar-refractivity contribution >= 4 is 17.2 Å². The molecule has 20 heavy (non-hydrogen) atoms. The zero-order valence-corrected chi connectivity index (χ0v) is 11.4. The van der Waals surface area contributed by atoms with Crippen LogP contribution in [0.2, 0.25) is 0 Å². The zero-order valence-electron chi connectivity index (χ0n) is 10.6. The first-order valence-corrected chi connectivity index (χ1v) is 7.02. The van der Waals surface area contributed by atoms with Gasteiger partial charge in [0.2, 0.25) is 5.91 Å². The predicted molar refractivity (Wildman–Crippen MR) is 81.5 cm³/mol. The summed E-state index contributed by atoms with van der Waals surface area (Å²) in [7, 11) is 0. The molecule has 3 rings (SSSR count). The molecule has 0 unspecified atom stereocenters. The third-order valence-corrected chi connectivity index (χ3v) is 4.05. The summed E-state index contributed by atoms with van der Waals surface area (Å²) in [5, 5.41) is 2.02. The maximum atomic E-state index is 11.6. The van der Waals surface area contributed by atoms with Crippen molar-refractivity contribution in [3.63, 3.8) is 0 Å². The molecule has 0 radical (unpaired) electrons. The number of nitrogens with two attached hydrogens (primary N) is 1. The monoisotopic (exact) mass is 280 g/mol. The van der Waals surface area contributed by atoms with Gasteiger partial charge in [-0.25, -0.2) is 0 Å². The van der Waals surface area contributed by atoms with Gasteiger partial charge in [-0.05, 0) is 40.8 Å². The van der Waals surface area contributed by atoms with Crippen LogP contribution < -0.4 is 5.73 Å². The van der Waals surface area contributed by atoms with E-state index >= 15 is 0 Å². The zero-order chi connectivity index (χ0) is 13.9. The number of rotatable bonds is 3. The van der Waals surface area contributed by atoms with Crippen molar-refractivity contribution in [3.05, 3.63) is 65.8 Å². The summed E-state index contributed by atoms with van der Waals surface area (Å²) in [6, 6.07) is 13.4. The van der Waals surface area contributed by atoms with E-state index in [1.165, 1.54) is 0 Å². The van der Waals surface area contributed by atoms with Gasteiger partial charge in [0.25, 0.3) is 0 Å². The average molecular weight is 280 g/mol. The number of hydrogen-bond donors (Lipinski definition) is 1. The summed E-state index contributed by atoms with van der Waals surface area (Å²) in [5.41, 5.74) is 8.99. The number of thiophene rings is 1. The second kappa shape index (κ2) is 5.27. The number of pyridine rings is 1. The second-order valence-electron chi connectivity index (χ2n) is 4.31. The van der Waals surface area contributed by atoms with Gasteiger partial charge in [0.15, 0.2) is 0 Å². The van der Waals surface area contributed by atoms with Crippen LogP contribution in [0.15, 0.2) is 60.2 Å². The van der Waals surface area contributed by atoms with Gasteiger partial charge >= 0.3 is 0 Å². The van der Waals surface area contributed by atoms with E-state index in [1.807, 2.05) is 41.8 Å². The molecule has 2 heterocycles. The SMILES string of the molecule is NC(=O)c1ccccc1-c1ccsc1-c1ccncc1. The normalized spacial score (nSPS) is 10.4. The Morgan fingerprint density at radius 3 is 2.50 bits per heavy atom. The lowest BCUT2D eigenvalue weighted by Gasteiger charge is -2.08. The standard InChI is InChI=1S/C16H12N2OS/c17-16(19)14-4-2-1-3-12(14)13-7-10-20-15(13)11-5-8-18-9-6-11/h1-10H,(H2,17,19). The van der Waals surface area contributed by atoms with E-state index < -0.39 is 5.91 Å². The Bertz CT molecular complexity index is 750. The minimum absolute atomic E-state index is 0.410. The van der Waals surface area contributed by atoms with Gasteiger partial charge in [-0.15, -0.1) is 11.3 Å². The molecule has 2 N–H and O–H groups in total. The van der Waals surface area contributed by atoms with Crippen molar-refractivity contribution in [2.24, 2.45) is 5.73 Å². The lowest BCUT2D eigenvalue weighted by atomic mass is 9.98. The molecular formula is C16H12N2OS. The van der Waals surface area contributed by atoms with Gasteiger partial charge in [-0.2, -0.15) is 0 Å². The largest absolute Gasteiger partial charge is 0.366 e. The molecule has 0 aliphatic heterocycles. The highest BCUT2D eigenvalue weighted by Crippen LogP contribution is 2.37. The van der Waals surface area contributed by atoms with Gasteiger partial charge in [-0.1, -0.05) is 18.2 Å². The van der Waals surface area contributed by atoms with Crippen molar-refractivity contribution in [1.82, 2.24) is 4.98 Å². The van der Waals surface area contributed by atoms with Gasteiger partial charge in [0.1, 0.15) is 0 Å². The van der Waals surface area contributed by atoms with Gasteiger partial charge < -0.3 is 5.73 Å². The molecule has 2 aromatic heterocycles. The van der Waals surface area contributed by atoms with E-state index in [-0.39, 0.29) is 0 Å². The highest BCUT2D eigenvalue weighted by atomic mass is 32.1. The molecule has 1 aromatic carbocycles. The lowest BCUT2D eigenvalue weighted by Crippen LogP contribution is -2.12. The molecule has 0 atom stereocenters. The number of amides is 1.